The number of methoxy groups -OCH3 is 1. The summed E-state index contributed by atoms with van der Waals surface area (Å²) in [7, 11) is 2.71. The zero-order chi connectivity index (χ0) is 12.5. The number of hydrogen-bond donors (Lipinski definition) is 2. The third-order valence-corrected chi connectivity index (χ3v) is 2.29. The van der Waals surface area contributed by atoms with Crippen LogP contribution < -0.4 is 10.1 Å². The van der Waals surface area contributed by atoms with Gasteiger partial charge in [0.2, 0.25) is 0 Å². The fraction of sp³-hybridized carbons (Fsp3) is 0.455. The van der Waals surface area contributed by atoms with Crippen molar-refractivity contribution in [1.29, 1.82) is 0 Å². The minimum absolute atomic E-state index is 0.0620. The van der Waals surface area contributed by atoms with Gasteiger partial charge in [0.25, 0.3) is 0 Å². The number of benzene rings is 1. The third kappa shape index (κ3) is 2.09. The van der Waals surface area contributed by atoms with Crippen LogP contribution in [-0.2, 0) is 5.60 Å². The zero-order valence-electron chi connectivity index (χ0n) is 9.69. The molecule has 3 nitrogen and oxygen atoms in total. The smallest absolute Gasteiger partial charge is 0.181 e. The Morgan fingerprint density at radius 3 is 2.31 bits per heavy atom. The second-order valence-corrected chi connectivity index (χ2v) is 3.94. The standard InChI is InChI=1S/C11H15F2NO2/c1-11(2,15)6-5-7(12)9(14-3)10(16-4)8(6)13/h5,14-15H,1-4H3. The molecule has 1 rings (SSSR count). The molecule has 0 amide bonds. The van der Waals surface area contributed by atoms with Gasteiger partial charge in [0.1, 0.15) is 5.69 Å². The summed E-state index contributed by atoms with van der Waals surface area (Å²) in [4.78, 5) is 0. The van der Waals surface area contributed by atoms with Crippen molar-refractivity contribution < 1.29 is 18.6 Å². The van der Waals surface area contributed by atoms with E-state index in [1.165, 1.54) is 28.0 Å². The Balaban J connectivity index is 3.53. The molecule has 2 N–H and O–H groups in total. The second-order valence-electron chi connectivity index (χ2n) is 3.94. The van der Waals surface area contributed by atoms with Crippen LogP contribution in [0.25, 0.3) is 0 Å². The number of hydrogen-bond acceptors (Lipinski definition) is 3. The first-order valence-corrected chi connectivity index (χ1v) is 4.79. The van der Waals surface area contributed by atoms with Gasteiger partial charge in [0, 0.05) is 12.6 Å². The number of anilines is 1. The molecule has 90 valence electrons. The van der Waals surface area contributed by atoms with Gasteiger partial charge in [-0.15, -0.1) is 0 Å². The Hall–Kier alpha value is -1.36. The van der Waals surface area contributed by atoms with Gasteiger partial charge in [0.15, 0.2) is 17.4 Å². The Bertz CT molecular complexity index is 400. The summed E-state index contributed by atoms with van der Waals surface area (Å²) >= 11 is 0. The van der Waals surface area contributed by atoms with E-state index in [1.54, 1.807) is 0 Å². The molecule has 0 bridgehead atoms. The van der Waals surface area contributed by atoms with Crippen molar-refractivity contribution in [2.75, 3.05) is 19.5 Å². The molecule has 1 aromatic carbocycles. The largest absolute Gasteiger partial charge is 0.491 e. The van der Waals surface area contributed by atoms with E-state index in [0.717, 1.165) is 6.07 Å². The molecule has 5 heteroatoms. The predicted molar refractivity (Wildman–Crippen MR) is 57.7 cm³/mol. The summed E-state index contributed by atoms with van der Waals surface area (Å²) in [5.74, 6) is -1.67. The van der Waals surface area contributed by atoms with Gasteiger partial charge in [-0.3, -0.25) is 0 Å². The molecule has 0 radical (unpaired) electrons. The fourth-order valence-corrected chi connectivity index (χ4v) is 1.47. The minimum atomic E-state index is -1.47. The van der Waals surface area contributed by atoms with Gasteiger partial charge in [-0.25, -0.2) is 8.78 Å². The van der Waals surface area contributed by atoms with Crippen molar-refractivity contribution in [2.24, 2.45) is 0 Å². The highest BCUT2D eigenvalue weighted by Crippen LogP contribution is 2.36. The molecule has 0 saturated heterocycles. The SMILES string of the molecule is CNc1c(F)cc(C(C)(C)O)c(F)c1OC. The van der Waals surface area contributed by atoms with Crippen molar-refractivity contribution in [3.63, 3.8) is 0 Å². The Labute approximate surface area is 93.0 Å². The van der Waals surface area contributed by atoms with E-state index in [2.05, 4.69) is 5.32 Å². The van der Waals surface area contributed by atoms with E-state index in [4.69, 9.17) is 4.74 Å². The fourth-order valence-electron chi connectivity index (χ4n) is 1.47. The van der Waals surface area contributed by atoms with Gasteiger partial charge in [-0.2, -0.15) is 0 Å². The summed E-state index contributed by atoms with van der Waals surface area (Å²) in [5.41, 5.74) is -1.67. The second kappa shape index (κ2) is 4.25. The van der Waals surface area contributed by atoms with Crippen LogP contribution in [0.2, 0.25) is 0 Å². The van der Waals surface area contributed by atoms with E-state index in [0.29, 0.717) is 0 Å². The first-order chi connectivity index (χ1) is 7.32. The molecule has 0 spiro atoms. The van der Waals surface area contributed by atoms with Crippen LogP contribution in [-0.4, -0.2) is 19.3 Å². The molecule has 0 aliphatic heterocycles. The minimum Gasteiger partial charge on any atom is -0.491 e. The molecule has 0 unspecified atom stereocenters. The van der Waals surface area contributed by atoms with E-state index in [9.17, 15) is 13.9 Å². The number of aliphatic hydroxyl groups is 1. The molecule has 0 fully saturated rings. The highest BCUT2D eigenvalue weighted by Gasteiger charge is 2.27. The number of nitrogens with one attached hydrogen (secondary N) is 1. The van der Waals surface area contributed by atoms with Crippen molar-refractivity contribution in [2.45, 2.75) is 19.4 Å². The van der Waals surface area contributed by atoms with Crippen molar-refractivity contribution in [1.82, 2.24) is 0 Å². The number of rotatable bonds is 3. The van der Waals surface area contributed by atoms with Crippen LogP contribution in [0.1, 0.15) is 19.4 Å². The molecule has 0 aromatic heterocycles. The lowest BCUT2D eigenvalue weighted by Crippen LogP contribution is -2.19. The van der Waals surface area contributed by atoms with Gasteiger partial charge < -0.3 is 15.2 Å². The monoisotopic (exact) mass is 231 g/mol. The van der Waals surface area contributed by atoms with Crippen LogP contribution in [0.5, 0.6) is 5.75 Å². The maximum absolute atomic E-state index is 13.9. The Kier molecular flexibility index (Phi) is 3.38. The van der Waals surface area contributed by atoms with E-state index in [1.807, 2.05) is 0 Å². The summed E-state index contributed by atoms with van der Waals surface area (Å²) in [6.45, 7) is 2.76. The van der Waals surface area contributed by atoms with Crippen molar-refractivity contribution in [3.05, 3.63) is 23.3 Å². The topological polar surface area (TPSA) is 41.5 Å². The number of halogens is 2. The van der Waals surface area contributed by atoms with Gasteiger partial charge in [0.05, 0.1) is 12.7 Å². The lowest BCUT2D eigenvalue weighted by atomic mass is 9.96. The zero-order valence-corrected chi connectivity index (χ0v) is 9.69. The average molecular weight is 231 g/mol. The summed E-state index contributed by atoms with van der Waals surface area (Å²) in [5, 5.41) is 12.2. The van der Waals surface area contributed by atoms with Gasteiger partial charge >= 0.3 is 0 Å². The Morgan fingerprint density at radius 2 is 1.94 bits per heavy atom. The van der Waals surface area contributed by atoms with Gasteiger partial charge in [-0.1, -0.05) is 0 Å². The van der Waals surface area contributed by atoms with E-state index < -0.39 is 17.2 Å². The van der Waals surface area contributed by atoms with E-state index >= 15 is 0 Å². The lowest BCUT2D eigenvalue weighted by molar-refractivity contribution is 0.0735. The quantitative estimate of drug-likeness (QED) is 0.838. The van der Waals surface area contributed by atoms with Gasteiger partial charge in [-0.05, 0) is 19.9 Å². The van der Waals surface area contributed by atoms with Crippen molar-refractivity contribution in [3.8, 4) is 5.75 Å². The van der Waals surface area contributed by atoms with Crippen LogP contribution in [0, 0.1) is 11.6 Å². The molecular weight excluding hydrogens is 216 g/mol. The molecule has 16 heavy (non-hydrogen) atoms. The maximum atomic E-state index is 13.9. The molecule has 0 aliphatic carbocycles. The normalized spacial score (nSPS) is 11.4. The molecule has 0 saturated carbocycles. The highest BCUT2D eigenvalue weighted by molar-refractivity contribution is 5.60. The first-order valence-electron chi connectivity index (χ1n) is 4.79. The van der Waals surface area contributed by atoms with Crippen LogP contribution in [0.4, 0.5) is 14.5 Å². The van der Waals surface area contributed by atoms with Crippen LogP contribution in [0.15, 0.2) is 6.07 Å². The number of ether oxygens (including phenoxy) is 1. The maximum Gasteiger partial charge on any atom is 0.181 e. The average Bonchev–Trinajstić information content (AvgIpc) is 2.18. The predicted octanol–water partition coefficient (Wildman–Crippen LogP) is 2.24. The van der Waals surface area contributed by atoms with Crippen LogP contribution in [0.3, 0.4) is 0 Å². The van der Waals surface area contributed by atoms with Crippen LogP contribution >= 0.6 is 0 Å². The first kappa shape index (κ1) is 12.7. The molecule has 0 aliphatic rings. The lowest BCUT2D eigenvalue weighted by Gasteiger charge is -2.21. The Morgan fingerprint density at radius 1 is 1.38 bits per heavy atom. The molecular formula is C11H15F2NO2. The van der Waals surface area contributed by atoms with Crippen molar-refractivity contribution >= 4 is 5.69 Å². The molecule has 1 aromatic rings. The highest BCUT2D eigenvalue weighted by atomic mass is 19.1. The van der Waals surface area contributed by atoms with E-state index in [-0.39, 0.29) is 17.0 Å². The third-order valence-electron chi connectivity index (χ3n) is 2.29. The molecule has 0 atom stereocenters. The summed E-state index contributed by atoms with van der Waals surface area (Å²) in [6.07, 6.45) is 0. The summed E-state index contributed by atoms with van der Waals surface area (Å²) < 4.78 is 32.3. The summed E-state index contributed by atoms with van der Waals surface area (Å²) in [6, 6.07) is 0.962. The molecule has 0 heterocycles.